The van der Waals surface area contributed by atoms with E-state index in [1.165, 1.54) is 10.6 Å². The molecule has 1 N–H and O–H groups in total. The number of amides is 1. The molecule has 1 aromatic heterocycles. The molecule has 1 aromatic carbocycles. The van der Waals surface area contributed by atoms with E-state index in [1.54, 1.807) is 31.5 Å². The molecule has 4 heteroatoms. The molecule has 0 saturated carbocycles. The van der Waals surface area contributed by atoms with Crippen LogP contribution in [-0.2, 0) is 11.8 Å². The number of hydrogen-bond acceptors (Lipinski definition) is 2. The Morgan fingerprint density at radius 2 is 1.89 bits per heavy atom. The van der Waals surface area contributed by atoms with Crippen LogP contribution in [0.3, 0.4) is 0 Å². The zero-order chi connectivity index (χ0) is 13.7. The van der Waals surface area contributed by atoms with Gasteiger partial charge < -0.3 is 9.88 Å². The van der Waals surface area contributed by atoms with Gasteiger partial charge in [0.05, 0.1) is 0 Å². The maximum atomic E-state index is 11.7. The summed E-state index contributed by atoms with van der Waals surface area (Å²) in [5, 5.41) is 2.56. The average Bonchev–Trinajstić information content (AvgIpc) is 2.43. The van der Waals surface area contributed by atoms with Crippen molar-refractivity contribution in [1.29, 1.82) is 0 Å². The summed E-state index contributed by atoms with van der Waals surface area (Å²) in [6.07, 6.45) is 4.74. The first kappa shape index (κ1) is 12.8. The predicted octanol–water partition coefficient (Wildman–Crippen LogP) is 2.04. The molecule has 1 amide bonds. The number of anilines is 1. The van der Waals surface area contributed by atoms with Crippen molar-refractivity contribution in [2.75, 3.05) is 5.32 Å². The highest BCUT2D eigenvalue weighted by molar-refractivity contribution is 6.01. The lowest BCUT2D eigenvalue weighted by atomic mass is 10.2. The van der Waals surface area contributed by atoms with Crippen molar-refractivity contribution < 1.29 is 4.79 Å². The van der Waals surface area contributed by atoms with Crippen molar-refractivity contribution in [3.8, 4) is 0 Å². The highest BCUT2D eigenvalue weighted by Gasteiger charge is 2.02. The summed E-state index contributed by atoms with van der Waals surface area (Å²) in [6, 6.07) is 12.8. The van der Waals surface area contributed by atoms with Crippen LogP contribution in [0.5, 0.6) is 0 Å². The summed E-state index contributed by atoms with van der Waals surface area (Å²) >= 11 is 0. The van der Waals surface area contributed by atoms with Crippen LogP contribution in [0.1, 0.15) is 5.56 Å². The maximum absolute atomic E-state index is 11.7. The Hall–Kier alpha value is -2.62. The second kappa shape index (κ2) is 5.82. The molecule has 0 aliphatic rings. The first-order valence-corrected chi connectivity index (χ1v) is 5.86. The Bertz CT molecular complexity index is 657. The van der Waals surface area contributed by atoms with E-state index >= 15 is 0 Å². The van der Waals surface area contributed by atoms with Gasteiger partial charge in [0.25, 0.3) is 5.56 Å². The van der Waals surface area contributed by atoms with E-state index in [0.29, 0.717) is 0 Å². The predicted molar refractivity (Wildman–Crippen MR) is 75.8 cm³/mol. The molecular weight excluding hydrogens is 240 g/mol. The highest BCUT2D eigenvalue weighted by atomic mass is 16.2. The van der Waals surface area contributed by atoms with Gasteiger partial charge in [-0.25, -0.2) is 0 Å². The van der Waals surface area contributed by atoms with Gasteiger partial charge in [-0.2, -0.15) is 0 Å². The number of nitrogens with one attached hydrogen (secondary N) is 1. The van der Waals surface area contributed by atoms with E-state index in [1.807, 2.05) is 30.3 Å². The van der Waals surface area contributed by atoms with Crippen LogP contribution in [-0.4, -0.2) is 10.5 Å². The second-order valence-electron chi connectivity index (χ2n) is 4.07. The normalized spacial score (nSPS) is 10.6. The smallest absolute Gasteiger partial charge is 0.274 e. The quantitative estimate of drug-likeness (QED) is 0.852. The Labute approximate surface area is 111 Å². The lowest BCUT2D eigenvalue weighted by molar-refractivity contribution is -0.111. The molecule has 0 spiro atoms. The molecule has 1 heterocycles. The first-order valence-electron chi connectivity index (χ1n) is 5.86. The zero-order valence-corrected chi connectivity index (χ0v) is 10.5. The molecule has 0 radical (unpaired) electrons. The SMILES string of the molecule is Cn1cccc(NC(=O)C=Cc2ccccc2)c1=O. The number of aromatic nitrogens is 1. The fourth-order valence-electron chi connectivity index (χ4n) is 1.60. The molecule has 0 aliphatic heterocycles. The minimum Gasteiger partial charge on any atom is -0.318 e. The van der Waals surface area contributed by atoms with Crippen LogP contribution < -0.4 is 10.9 Å². The van der Waals surface area contributed by atoms with Crippen LogP contribution in [0.15, 0.2) is 59.5 Å². The molecule has 0 bridgehead atoms. The second-order valence-corrected chi connectivity index (χ2v) is 4.07. The number of aryl methyl sites for hydroxylation is 1. The Morgan fingerprint density at radius 1 is 1.16 bits per heavy atom. The van der Waals surface area contributed by atoms with Gasteiger partial charge in [-0.1, -0.05) is 30.3 Å². The van der Waals surface area contributed by atoms with Crippen molar-refractivity contribution in [2.24, 2.45) is 7.05 Å². The topological polar surface area (TPSA) is 51.1 Å². The lowest BCUT2D eigenvalue weighted by Gasteiger charge is -2.03. The number of nitrogens with zero attached hydrogens (tertiary/aromatic N) is 1. The van der Waals surface area contributed by atoms with Crippen molar-refractivity contribution in [1.82, 2.24) is 4.57 Å². The summed E-state index contributed by atoms with van der Waals surface area (Å²) in [5.74, 6) is -0.327. The molecule has 0 atom stereocenters. The molecule has 0 unspecified atom stereocenters. The minimum atomic E-state index is -0.327. The van der Waals surface area contributed by atoms with Gasteiger partial charge in [0.1, 0.15) is 5.69 Å². The highest BCUT2D eigenvalue weighted by Crippen LogP contribution is 2.02. The molecule has 0 saturated heterocycles. The first-order chi connectivity index (χ1) is 9.16. The van der Waals surface area contributed by atoms with Gasteiger partial charge in [-0.3, -0.25) is 9.59 Å². The molecule has 96 valence electrons. The molecule has 2 aromatic rings. The van der Waals surface area contributed by atoms with Gasteiger partial charge >= 0.3 is 0 Å². The van der Waals surface area contributed by atoms with Crippen molar-refractivity contribution in [3.05, 3.63) is 70.7 Å². The molecule has 0 fully saturated rings. The summed E-state index contributed by atoms with van der Waals surface area (Å²) in [5.41, 5.74) is 0.968. The summed E-state index contributed by atoms with van der Waals surface area (Å²) in [4.78, 5) is 23.4. The zero-order valence-electron chi connectivity index (χ0n) is 10.5. The molecule has 19 heavy (non-hydrogen) atoms. The van der Waals surface area contributed by atoms with Crippen LogP contribution in [0.4, 0.5) is 5.69 Å². The molecular formula is C15H14N2O2. The Kier molecular flexibility index (Phi) is 3.93. The number of hydrogen-bond donors (Lipinski definition) is 1. The van der Waals surface area contributed by atoms with E-state index in [2.05, 4.69) is 5.32 Å². The molecule has 2 rings (SSSR count). The fraction of sp³-hybridized carbons (Fsp3) is 0.0667. The van der Waals surface area contributed by atoms with Crippen molar-refractivity contribution in [3.63, 3.8) is 0 Å². The average molecular weight is 254 g/mol. The van der Waals surface area contributed by atoms with Gasteiger partial charge in [0, 0.05) is 19.3 Å². The van der Waals surface area contributed by atoms with E-state index in [0.717, 1.165) is 5.56 Å². The molecule has 0 aliphatic carbocycles. The standard InChI is InChI=1S/C15H14N2O2/c1-17-11-5-8-13(15(17)19)16-14(18)10-9-12-6-3-2-4-7-12/h2-11H,1H3,(H,16,18). The van der Waals surface area contributed by atoms with Gasteiger partial charge in [0.2, 0.25) is 5.91 Å². The van der Waals surface area contributed by atoms with Crippen LogP contribution in [0, 0.1) is 0 Å². The van der Waals surface area contributed by atoms with E-state index < -0.39 is 0 Å². The fourth-order valence-corrected chi connectivity index (χ4v) is 1.60. The van der Waals surface area contributed by atoms with Gasteiger partial charge in [-0.15, -0.1) is 0 Å². The van der Waals surface area contributed by atoms with E-state index in [4.69, 9.17) is 0 Å². The lowest BCUT2D eigenvalue weighted by Crippen LogP contribution is -2.22. The number of carbonyl (C=O) groups is 1. The third-order valence-corrected chi connectivity index (χ3v) is 2.61. The van der Waals surface area contributed by atoms with E-state index in [9.17, 15) is 9.59 Å². The third-order valence-electron chi connectivity index (χ3n) is 2.61. The van der Waals surface area contributed by atoms with Crippen LogP contribution >= 0.6 is 0 Å². The summed E-state index contributed by atoms with van der Waals surface area (Å²) in [6.45, 7) is 0. The van der Waals surface area contributed by atoms with Crippen LogP contribution in [0.2, 0.25) is 0 Å². The van der Waals surface area contributed by atoms with Crippen LogP contribution in [0.25, 0.3) is 6.08 Å². The van der Waals surface area contributed by atoms with Crippen molar-refractivity contribution in [2.45, 2.75) is 0 Å². The van der Waals surface area contributed by atoms with Crippen molar-refractivity contribution >= 4 is 17.7 Å². The minimum absolute atomic E-state index is 0.232. The number of carbonyl (C=O) groups excluding carboxylic acids is 1. The van der Waals surface area contributed by atoms with Gasteiger partial charge in [0.15, 0.2) is 0 Å². The Morgan fingerprint density at radius 3 is 2.63 bits per heavy atom. The number of rotatable bonds is 3. The maximum Gasteiger partial charge on any atom is 0.274 e. The summed E-state index contributed by atoms with van der Waals surface area (Å²) < 4.78 is 1.41. The number of benzene rings is 1. The largest absolute Gasteiger partial charge is 0.318 e. The van der Waals surface area contributed by atoms with E-state index in [-0.39, 0.29) is 17.2 Å². The monoisotopic (exact) mass is 254 g/mol. The summed E-state index contributed by atoms with van der Waals surface area (Å²) in [7, 11) is 1.64. The number of pyridine rings is 1. The molecule has 4 nitrogen and oxygen atoms in total. The third kappa shape index (κ3) is 3.42. The van der Waals surface area contributed by atoms with Gasteiger partial charge in [-0.05, 0) is 23.8 Å². The Balaban J connectivity index is 2.08.